The van der Waals surface area contributed by atoms with Crippen LogP contribution in [0.15, 0.2) is 40.9 Å². The maximum Gasteiger partial charge on any atom is 0.132 e. The quantitative estimate of drug-likeness (QED) is 0.823. The van der Waals surface area contributed by atoms with E-state index in [1.54, 1.807) is 6.07 Å². The molecule has 2 rings (SSSR count). The lowest BCUT2D eigenvalue weighted by atomic mass is 10.2. The van der Waals surface area contributed by atoms with E-state index in [-0.39, 0.29) is 0 Å². The van der Waals surface area contributed by atoms with Crippen molar-refractivity contribution in [1.29, 1.82) is 0 Å². The van der Waals surface area contributed by atoms with Crippen molar-refractivity contribution in [2.24, 2.45) is 0 Å². The monoisotopic (exact) mass is 296 g/mol. The third-order valence-electron chi connectivity index (χ3n) is 2.10. The first-order valence-electron chi connectivity index (χ1n) is 4.81. The van der Waals surface area contributed by atoms with E-state index in [4.69, 9.17) is 11.6 Å². The van der Waals surface area contributed by atoms with Crippen molar-refractivity contribution in [2.45, 2.75) is 6.92 Å². The number of pyridine rings is 1. The summed E-state index contributed by atoms with van der Waals surface area (Å²) in [6.45, 7) is 2.05. The van der Waals surface area contributed by atoms with Gasteiger partial charge in [0, 0.05) is 4.47 Å². The number of aromatic nitrogens is 1. The Hall–Kier alpha value is -1.06. The minimum atomic E-state index is 0.480. The Bertz CT molecular complexity index is 514. The number of halogens is 2. The van der Waals surface area contributed by atoms with Crippen molar-refractivity contribution in [3.63, 3.8) is 0 Å². The lowest BCUT2D eigenvalue weighted by molar-refractivity contribution is 1.30. The Balaban J connectivity index is 2.27. The molecule has 1 heterocycles. The van der Waals surface area contributed by atoms with Crippen LogP contribution in [0.4, 0.5) is 11.5 Å². The van der Waals surface area contributed by atoms with Crippen molar-refractivity contribution >= 4 is 39.0 Å². The topological polar surface area (TPSA) is 24.9 Å². The summed E-state index contributed by atoms with van der Waals surface area (Å²) in [6.07, 6.45) is 0. The molecule has 0 atom stereocenters. The zero-order valence-electron chi connectivity index (χ0n) is 8.67. The molecule has 0 aliphatic rings. The van der Waals surface area contributed by atoms with E-state index < -0.39 is 0 Å². The molecule has 0 spiro atoms. The number of rotatable bonds is 2. The molecular formula is C12H10BrClN2. The first-order chi connectivity index (χ1) is 7.65. The van der Waals surface area contributed by atoms with Crippen molar-refractivity contribution in [2.75, 3.05) is 5.32 Å². The largest absolute Gasteiger partial charge is 0.339 e. The van der Waals surface area contributed by atoms with Gasteiger partial charge >= 0.3 is 0 Å². The molecule has 1 aromatic heterocycles. The van der Waals surface area contributed by atoms with Crippen molar-refractivity contribution in [3.05, 3.63) is 51.6 Å². The van der Waals surface area contributed by atoms with Crippen molar-refractivity contribution < 1.29 is 0 Å². The van der Waals surface area contributed by atoms with Crippen LogP contribution in [0.2, 0.25) is 5.15 Å². The Morgan fingerprint density at radius 2 is 2.06 bits per heavy atom. The van der Waals surface area contributed by atoms with Gasteiger partial charge in [0.25, 0.3) is 0 Å². The average Bonchev–Trinajstić information content (AvgIpc) is 2.22. The number of benzene rings is 1. The smallest absolute Gasteiger partial charge is 0.132 e. The summed E-state index contributed by atoms with van der Waals surface area (Å²) >= 11 is 9.31. The molecule has 0 bridgehead atoms. The number of hydrogen-bond donors (Lipinski definition) is 1. The molecule has 0 saturated heterocycles. The summed E-state index contributed by atoms with van der Waals surface area (Å²) in [4.78, 5) is 4.17. The van der Waals surface area contributed by atoms with Gasteiger partial charge in [-0.25, -0.2) is 4.98 Å². The summed E-state index contributed by atoms with van der Waals surface area (Å²) < 4.78 is 1.01. The number of anilines is 2. The van der Waals surface area contributed by atoms with Crippen LogP contribution in [-0.2, 0) is 0 Å². The van der Waals surface area contributed by atoms with Gasteiger partial charge in [0.2, 0.25) is 0 Å². The predicted octanol–water partition coefficient (Wildman–Crippen LogP) is 4.55. The Morgan fingerprint density at radius 1 is 1.25 bits per heavy atom. The Labute approximate surface area is 108 Å². The molecule has 1 aromatic carbocycles. The molecule has 2 aromatic rings. The van der Waals surface area contributed by atoms with Gasteiger partial charge in [-0.2, -0.15) is 0 Å². The highest BCUT2D eigenvalue weighted by Crippen LogP contribution is 2.26. The van der Waals surface area contributed by atoms with Crippen LogP contribution in [0.25, 0.3) is 0 Å². The maximum atomic E-state index is 5.81. The van der Waals surface area contributed by atoms with Crippen LogP contribution in [-0.4, -0.2) is 4.98 Å². The summed E-state index contributed by atoms with van der Waals surface area (Å²) in [5, 5.41) is 3.68. The molecule has 0 unspecified atom stereocenters. The normalized spacial score (nSPS) is 10.2. The Morgan fingerprint density at radius 3 is 2.75 bits per heavy atom. The molecule has 2 nitrogen and oxygen atoms in total. The molecule has 0 saturated carbocycles. The minimum absolute atomic E-state index is 0.480. The fourth-order valence-electron chi connectivity index (χ4n) is 1.34. The first-order valence-corrected chi connectivity index (χ1v) is 5.98. The SMILES string of the molecule is Cc1ccc(Nc2cccc(Cl)n2)c(Br)c1. The molecule has 16 heavy (non-hydrogen) atoms. The number of nitrogens with zero attached hydrogens (tertiary/aromatic N) is 1. The highest BCUT2D eigenvalue weighted by atomic mass is 79.9. The zero-order chi connectivity index (χ0) is 11.5. The summed E-state index contributed by atoms with van der Waals surface area (Å²) in [6, 6.07) is 11.6. The number of hydrogen-bond acceptors (Lipinski definition) is 2. The van der Waals surface area contributed by atoms with Gasteiger partial charge in [-0.15, -0.1) is 0 Å². The van der Waals surface area contributed by atoms with Crippen LogP contribution >= 0.6 is 27.5 Å². The van der Waals surface area contributed by atoms with Gasteiger partial charge in [0.05, 0.1) is 5.69 Å². The van der Waals surface area contributed by atoms with Crippen LogP contribution < -0.4 is 5.32 Å². The highest BCUT2D eigenvalue weighted by Gasteiger charge is 2.01. The third-order valence-corrected chi connectivity index (χ3v) is 2.97. The first kappa shape index (κ1) is 11.4. The van der Waals surface area contributed by atoms with E-state index >= 15 is 0 Å². The minimum Gasteiger partial charge on any atom is -0.339 e. The fourth-order valence-corrected chi connectivity index (χ4v) is 2.09. The molecular weight excluding hydrogens is 288 g/mol. The van der Waals surface area contributed by atoms with Gasteiger partial charge < -0.3 is 5.32 Å². The van der Waals surface area contributed by atoms with E-state index in [1.165, 1.54) is 5.56 Å². The van der Waals surface area contributed by atoms with Crippen LogP contribution in [0.3, 0.4) is 0 Å². The van der Waals surface area contributed by atoms with Gasteiger partial charge in [0.15, 0.2) is 0 Å². The summed E-state index contributed by atoms with van der Waals surface area (Å²) in [5.41, 5.74) is 2.18. The van der Waals surface area contributed by atoms with Crippen LogP contribution in [0, 0.1) is 6.92 Å². The molecule has 82 valence electrons. The van der Waals surface area contributed by atoms with Crippen molar-refractivity contribution in [3.8, 4) is 0 Å². The highest BCUT2D eigenvalue weighted by molar-refractivity contribution is 9.10. The van der Waals surface area contributed by atoms with Gasteiger partial charge in [-0.05, 0) is 52.7 Å². The van der Waals surface area contributed by atoms with E-state index in [0.29, 0.717) is 5.15 Å². The van der Waals surface area contributed by atoms with E-state index in [0.717, 1.165) is 16.0 Å². The lowest BCUT2D eigenvalue weighted by Crippen LogP contribution is -1.94. The second-order valence-electron chi connectivity index (χ2n) is 3.45. The predicted molar refractivity (Wildman–Crippen MR) is 71.4 cm³/mol. The standard InChI is InChI=1S/C12H10BrClN2/c1-8-5-6-10(9(13)7-8)15-12-4-2-3-11(14)16-12/h2-7H,1H3,(H,15,16). The molecule has 4 heteroatoms. The second-order valence-corrected chi connectivity index (χ2v) is 4.70. The van der Waals surface area contributed by atoms with E-state index in [2.05, 4.69) is 26.2 Å². The van der Waals surface area contributed by atoms with Gasteiger partial charge in [-0.3, -0.25) is 0 Å². The van der Waals surface area contributed by atoms with Crippen LogP contribution in [0.1, 0.15) is 5.56 Å². The molecule has 0 radical (unpaired) electrons. The third kappa shape index (κ3) is 2.74. The number of nitrogens with one attached hydrogen (secondary N) is 1. The molecule has 0 amide bonds. The van der Waals surface area contributed by atoms with Crippen molar-refractivity contribution in [1.82, 2.24) is 4.98 Å². The fraction of sp³-hybridized carbons (Fsp3) is 0.0833. The van der Waals surface area contributed by atoms with E-state index in [9.17, 15) is 0 Å². The molecule has 0 aliphatic carbocycles. The molecule has 0 fully saturated rings. The second kappa shape index (κ2) is 4.85. The summed E-state index contributed by atoms with van der Waals surface area (Å²) in [5.74, 6) is 0.733. The summed E-state index contributed by atoms with van der Waals surface area (Å²) in [7, 11) is 0. The Kier molecular flexibility index (Phi) is 3.46. The average molecular weight is 298 g/mol. The van der Waals surface area contributed by atoms with Gasteiger partial charge in [0.1, 0.15) is 11.0 Å². The van der Waals surface area contributed by atoms with Crippen LogP contribution in [0.5, 0.6) is 0 Å². The number of aryl methyl sites for hydroxylation is 1. The zero-order valence-corrected chi connectivity index (χ0v) is 11.0. The molecule has 0 aliphatic heterocycles. The molecule has 1 N–H and O–H groups in total. The van der Waals surface area contributed by atoms with E-state index in [1.807, 2.05) is 37.3 Å². The maximum absolute atomic E-state index is 5.81. The lowest BCUT2D eigenvalue weighted by Gasteiger charge is -2.08. The van der Waals surface area contributed by atoms with Gasteiger partial charge in [-0.1, -0.05) is 23.7 Å².